The van der Waals surface area contributed by atoms with Crippen molar-refractivity contribution in [3.63, 3.8) is 0 Å². The zero-order valence-electron chi connectivity index (χ0n) is 17.1. The molecule has 1 rings (SSSR count). The number of nitrogens with zero attached hydrogens (tertiary/aromatic N) is 1. The smallest absolute Gasteiger partial charge is 0.325 e. The van der Waals surface area contributed by atoms with Gasteiger partial charge >= 0.3 is 5.97 Å². The van der Waals surface area contributed by atoms with Crippen molar-refractivity contribution in [1.82, 2.24) is 25.9 Å². The van der Waals surface area contributed by atoms with Crippen LogP contribution in [-0.4, -0.2) is 62.9 Å². The minimum Gasteiger partial charge on any atom is -0.480 e. The van der Waals surface area contributed by atoms with Crippen LogP contribution in [0.2, 0.25) is 0 Å². The lowest BCUT2D eigenvalue weighted by Gasteiger charge is -2.23. The van der Waals surface area contributed by atoms with Crippen LogP contribution in [0.15, 0.2) is 12.5 Å². The van der Waals surface area contributed by atoms with Gasteiger partial charge in [0.1, 0.15) is 18.1 Å². The van der Waals surface area contributed by atoms with Crippen LogP contribution in [0.5, 0.6) is 0 Å². The van der Waals surface area contributed by atoms with E-state index in [1.54, 1.807) is 0 Å². The summed E-state index contributed by atoms with van der Waals surface area (Å²) in [7, 11) is 0. The molecule has 7 N–H and O–H groups in total. The Morgan fingerprint density at radius 2 is 1.66 bits per heavy atom. The Kier molecular flexibility index (Phi) is 9.26. The maximum absolute atomic E-state index is 12.5. The predicted octanol–water partition coefficient (Wildman–Crippen LogP) is -1.10. The first-order chi connectivity index (χ1) is 13.5. The number of hydrogen-bond donors (Lipinski definition) is 6. The molecule has 3 amide bonds. The number of hydrogen-bond acceptors (Lipinski definition) is 6. The second-order valence-corrected chi connectivity index (χ2v) is 7.38. The molecule has 0 aliphatic carbocycles. The fourth-order valence-corrected chi connectivity index (χ4v) is 2.50. The third-order valence-corrected chi connectivity index (χ3v) is 4.16. The fourth-order valence-electron chi connectivity index (χ4n) is 2.50. The second-order valence-electron chi connectivity index (χ2n) is 7.38. The number of amides is 3. The van der Waals surface area contributed by atoms with Gasteiger partial charge in [-0.1, -0.05) is 13.8 Å². The van der Waals surface area contributed by atoms with Gasteiger partial charge in [-0.2, -0.15) is 0 Å². The maximum Gasteiger partial charge on any atom is 0.325 e. The molecule has 0 saturated heterocycles. The Balaban J connectivity index is 2.77. The molecule has 4 atom stereocenters. The molecular weight excluding hydrogens is 380 g/mol. The number of carbonyl (C=O) groups is 4. The fraction of sp³-hybridized carbons (Fsp3) is 0.611. The predicted molar refractivity (Wildman–Crippen MR) is 104 cm³/mol. The van der Waals surface area contributed by atoms with Crippen LogP contribution >= 0.6 is 0 Å². The standard InChI is InChI=1S/C18H30N6O5/c1-9(2)5-13(19)16(26)22-10(3)15(25)24-14(6-12-7-20-8-21-12)17(27)23-11(4)18(28)29/h7-11,13-14H,5-6,19H2,1-4H3,(H,20,21)(H,22,26)(H,23,27)(H,24,25)(H,28,29). The first-order valence-electron chi connectivity index (χ1n) is 9.38. The summed E-state index contributed by atoms with van der Waals surface area (Å²) in [6.07, 6.45) is 3.45. The average molecular weight is 410 g/mol. The summed E-state index contributed by atoms with van der Waals surface area (Å²) in [6.45, 7) is 6.65. The summed E-state index contributed by atoms with van der Waals surface area (Å²) in [5.41, 5.74) is 6.39. The first kappa shape index (κ1) is 24.1. The number of aromatic amines is 1. The number of nitrogens with one attached hydrogen (secondary N) is 4. The molecule has 0 aliphatic heterocycles. The Labute approximate surface area is 169 Å². The summed E-state index contributed by atoms with van der Waals surface area (Å²) < 4.78 is 0. The molecule has 0 aliphatic rings. The van der Waals surface area contributed by atoms with Crippen LogP contribution in [0.25, 0.3) is 0 Å². The monoisotopic (exact) mass is 410 g/mol. The summed E-state index contributed by atoms with van der Waals surface area (Å²) in [5.74, 6) is -2.71. The number of H-pyrrole nitrogens is 1. The summed E-state index contributed by atoms with van der Waals surface area (Å²) >= 11 is 0. The van der Waals surface area contributed by atoms with Gasteiger partial charge in [0.15, 0.2) is 0 Å². The number of carbonyl (C=O) groups excluding carboxylic acids is 3. The van der Waals surface area contributed by atoms with Crippen LogP contribution in [0.4, 0.5) is 0 Å². The second kappa shape index (κ2) is 11.1. The number of carboxylic acids is 1. The largest absolute Gasteiger partial charge is 0.480 e. The molecule has 0 aromatic carbocycles. The van der Waals surface area contributed by atoms with Crippen LogP contribution in [0.1, 0.15) is 39.8 Å². The molecule has 0 saturated carbocycles. The van der Waals surface area contributed by atoms with Crippen molar-refractivity contribution < 1.29 is 24.3 Å². The van der Waals surface area contributed by atoms with E-state index in [-0.39, 0.29) is 12.3 Å². The molecule has 0 bridgehead atoms. The molecular formula is C18H30N6O5. The molecule has 162 valence electrons. The van der Waals surface area contributed by atoms with Gasteiger partial charge in [0, 0.05) is 18.3 Å². The Morgan fingerprint density at radius 1 is 1.03 bits per heavy atom. The molecule has 1 aromatic rings. The van der Waals surface area contributed by atoms with E-state index in [2.05, 4.69) is 25.9 Å². The Hall–Kier alpha value is -2.95. The summed E-state index contributed by atoms with van der Waals surface area (Å²) in [6, 6.07) is -3.87. The van der Waals surface area contributed by atoms with E-state index in [1.807, 2.05) is 13.8 Å². The Bertz CT molecular complexity index is 706. The molecule has 0 spiro atoms. The van der Waals surface area contributed by atoms with E-state index in [4.69, 9.17) is 10.8 Å². The zero-order chi connectivity index (χ0) is 22.1. The van der Waals surface area contributed by atoms with Crippen molar-refractivity contribution in [3.8, 4) is 0 Å². The van der Waals surface area contributed by atoms with E-state index in [0.29, 0.717) is 12.1 Å². The minimum absolute atomic E-state index is 0.0669. The van der Waals surface area contributed by atoms with Crippen molar-refractivity contribution in [2.45, 2.75) is 64.7 Å². The lowest BCUT2D eigenvalue weighted by Crippen LogP contribution is -2.56. The number of aliphatic carboxylic acids is 1. The van der Waals surface area contributed by atoms with E-state index >= 15 is 0 Å². The van der Waals surface area contributed by atoms with E-state index in [0.717, 1.165) is 0 Å². The van der Waals surface area contributed by atoms with Gasteiger partial charge in [0.25, 0.3) is 0 Å². The minimum atomic E-state index is -1.20. The van der Waals surface area contributed by atoms with E-state index < -0.39 is 47.9 Å². The van der Waals surface area contributed by atoms with Crippen molar-refractivity contribution in [2.24, 2.45) is 11.7 Å². The summed E-state index contributed by atoms with van der Waals surface area (Å²) in [5, 5.41) is 16.4. The third kappa shape index (κ3) is 8.30. The third-order valence-electron chi connectivity index (χ3n) is 4.16. The van der Waals surface area contributed by atoms with Gasteiger partial charge < -0.3 is 31.8 Å². The van der Waals surface area contributed by atoms with Gasteiger partial charge in [0.2, 0.25) is 17.7 Å². The Morgan fingerprint density at radius 3 is 2.17 bits per heavy atom. The van der Waals surface area contributed by atoms with Crippen molar-refractivity contribution in [1.29, 1.82) is 0 Å². The number of imidazole rings is 1. The number of rotatable bonds is 11. The van der Waals surface area contributed by atoms with Crippen LogP contribution in [0, 0.1) is 5.92 Å². The number of carboxylic acid groups (broad SMARTS) is 1. The molecule has 1 heterocycles. The number of nitrogens with two attached hydrogens (primary N) is 1. The van der Waals surface area contributed by atoms with E-state index in [1.165, 1.54) is 26.4 Å². The lowest BCUT2D eigenvalue weighted by atomic mass is 10.0. The van der Waals surface area contributed by atoms with Crippen molar-refractivity contribution in [3.05, 3.63) is 18.2 Å². The van der Waals surface area contributed by atoms with Gasteiger partial charge in [-0.25, -0.2) is 4.98 Å². The summed E-state index contributed by atoms with van der Waals surface area (Å²) in [4.78, 5) is 54.7. The molecule has 11 nitrogen and oxygen atoms in total. The highest BCUT2D eigenvalue weighted by molar-refractivity contribution is 5.93. The highest BCUT2D eigenvalue weighted by atomic mass is 16.4. The van der Waals surface area contributed by atoms with Crippen LogP contribution in [-0.2, 0) is 25.6 Å². The highest BCUT2D eigenvalue weighted by Crippen LogP contribution is 2.04. The quantitative estimate of drug-likeness (QED) is 0.268. The maximum atomic E-state index is 12.5. The lowest BCUT2D eigenvalue weighted by molar-refractivity contribution is -0.141. The normalized spacial score (nSPS) is 15.1. The molecule has 0 fully saturated rings. The molecule has 0 radical (unpaired) electrons. The van der Waals surface area contributed by atoms with Crippen LogP contribution in [0.3, 0.4) is 0 Å². The molecule has 11 heteroatoms. The molecule has 29 heavy (non-hydrogen) atoms. The first-order valence-corrected chi connectivity index (χ1v) is 9.38. The van der Waals surface area contributed by atoms with Gasteiger partial charge in [0.05, 0.1) is 12.4 Å². The zero-order valence-corrected chi connectivity index (χ0v) is 17.1. The van der Waals surface area contributed by atoms with Gasteiger partial charge in [-0.15, -0.1) is 0 Å². The SMILES string of the molecule is CC(C)CC(N)C(=O)NC(C)C(=O)NC(Cc1cnc[nH]1)C(=O)NC(C)C(=O)O. The van der Waals surface area contributed by atoms with E-state index in [9.17, 15) is 19.2 Å². The molecule has 4 unspecified atom stereocenters. The van der Waals surface area contributed by atoms with Gasteiger partial charge in [-0.05, 0) is 26.2 Å². The van der Waals surface area contributed by atoms with Crippen molar-refractivity contribution in [2.75, 3.05) is 0 Å². The topological polar surface area (TPSA) is 179 Å². The van der Waals surface area contributed by atoms with Crippen LogP contribution < -0.4 is 21.7 Å². The van der Waals surface area contributed by atoms with Gasteiger partial charge in [-0.3, -0.25) is 19.2 Å². The molecule has 1 aromatic heterocycles. The van der Waals surface area contributed by atoms with Crippen molar-refractivity contribution >= 4 is 23.7 Å². The average Bonchev–Trinajstić information content (AvgIpc) is 3.13. The number of aromatic nitrogens is 2. The highest BCUT2D eigenvalue weighted by Gasteiger charge is 2.28.